The van der Waals surface area contributed by atoms with Crippen LogP contribution in [0, 0.1) is 0 Å². The average molecular weight is 335 g/mol. The lowest BCUT2D eigenvalue weighted by Gasteiger charge is -2.26. The van der Waals surface area contributed by atoms with E-state index in [0.717, 1.165) is 11.1 Å². The fourth-order valence-electron chi connectivity index (χ4n) is 1.32. The van der Waals surface area contributed by atoms with Crippen molar-refractivity contribution in [2.24, 2.45) is 10.2 Å². The Balaban J connectivity index is 2.72. The van der Waals surface area contributed by atoms with Gasteiger partial charge in [-0.3, -0.25) is 0 Å². The van der Waals surface area contributed by atoms with Crippen molar-refractivity contribution >= 4 is 28.9 Å². The van der Waals surface area contributed by atoms with Crippen LogP contribution >= 0.6 is 0 Å². The Morgan fingerprint density at radius 3 is 1.18 bits per heavy atom. The molecule has 4 nitrogen and oxygen atoms in total. The van der Waals surface area contributed by atoms with Crippen molar-refractivity contribution < 1.29 is 0 Å². The minimum Gasteiger partial charge on any atom is -0.328 e. The maximum atomic E-state index is 4.54. The maximum Gasteiger partial charge on any atom is 0.168 e. The van der Waals surface area contributed by atoms with Gasteiger partial charge in [0.15, 0.2) is 16.5 Å². The molecule has 1 rings (SSSR count). The van der Waals surface area contributed by atoms with E-state index in [-0.39, 0.29) is 0 Å². The van der Waals surface area contributed by atoms with E-state index in [1.165, 1.54) is 0 Å². The summed E-state index contributed by atoms with van der Waals surface area (Å²) in [4.78, 5) is 0. The van der Waals surface area contributed by atoms with Crippen LogP contribution in [-0.4, -0.2) is 52.3 Å². The normalized spacial score (nSPS) is 13.1. The Morgan fingerprint density at radius 2 is 0.955 bits per heavy atom. The molecule has 0 bridgehead atoms. The first-order chi connectivity index (χ1) is 10.00. The largest absolute Gasteiger partial charge is 0.328 e. The molecule has 6 heteroatoms. The highest BCUT2D eigenvalue weighted by molar-refractivity contribution is 6.73. The van der Waals surface area contributed by atoms with E-state index in [4.69, 9.17) is 0 Å². The molecule has 0 radical (unpaired) electrons. The van der Waals surface area contributed by atoms with E-state index >= 15 is 0 Å². The van der Waals surface area contributed by atoms with Gasteiger partial charge in [-0.1, -0.05) is 63.5 Å². The standard InChI is InChI=1S/C16H30N4Si2/c1-19(21(3,4)5)17-13-15-9-11-16(12-10-15)14-18-20(2)22(6,7)8/h9-14H,1-8H3. The third kappa shape index (κ3) is 6.15. The van der Waals surface area contributed by atoms with Crippen LogP contribution in [0.3, 0.4) is 0 Å². The molecule has 1 aromatic rings. The number of nitrogens with zero attached hydrogens (tertiary/aromatic N) is 4. The summed E-state index contributed by atoms with van der Waals surface area (Å²) in [6, 6.07) is 8.32. The molecule has 0 spiro atoms. The second-order valence-corrected chi connectivity index (χ2v) is 17.5. The fraction of sp³-hybridized carbons (Fsp3) is 0.500. The van der Waals surface area contributed by atoms with E-state index in [2.05, 4.69) is 97.2 Å². The molecule has 1 aromatic carbocycles. The Bertz CT molecular complexity index is 476. The molecule has 0 atom stereocenters. The maximum absolute atomic E-state index is 4.54. The minimum atomic E-state index is -1.36. The summed E-state index contributed by atoms with van der Waals surface area (Å²) in [5.74, 6) is 0. The Labute approximate surface area is 137 Å². The van der Waals surface area contributed by atoms with Crippen LogP contribution in [0.25, 0.3) is 0 Å². The summed E-state index contributed by atoms with van der Waals surface area (Å²) in [5, 5.41) is 9.07. The first-order valence-corrected chi connectivity index (χ1v) is 14.6. The molecular formula is C16H30N4Si2. The number of hydrogen-bond acceptors (Lipinski definition) is 4. The number of rotatable bonds is 6. The van der Waals surface area contributed by atoms with Crippen LogP contribution in [0.1, 0.15) is 11.1 Å². The van der Waals surface area contributed by atoms with Gasteiger partial charge in [-0.25, -0.2) is 0 Å². The molecule has 0 amide bonds. The van der Waals surface area contributed by atoms with Gasteiger partial charge in [0.2, 0.25) is 0 Å². The molecule has 0 aliphatic carbocycles. The number of benzene rings is 1. The quantitative estimate of drug-likeness (QED) is 0.449. The van der Waals surface area contributed by atoms with Crippen LogP contribution in [0.4, 0.5) is 0 Å². The highest BCUT2D eigenvalue weighted by atomic mass is 28.3. The van der Waals surface area contributed by atoms with Gasteiger partial charge in [0.1, 0.15) is 0 Å². The van der Waals surface area contributed by atoms with Gasteiger partial charge in [0.25, 0.3) is 0 Å². The van der Waals surface area contributed by atoms with Gasteiger partial charge in [0.05, 0.1) is 12.4 Å². The number of hydrazone groups is 2. The first kappa shape index (κ1) is 18.6. The van der Waals surface area contributed by atoms with Crippen LogP contribution in [0.15, 0.2) is 34.5 Å². The van der Waals surface area contributed by atoms with Crippen molar-refractivity contribution in [1.29, 1.82) is 0 Å². The molecule has 0 aromatic heterocycles. The Kier molecular flexibility index (Phi) is 6.13. The molecule has 22 heavy (non-hydrogen) atoms. The van der Waals surface area contributed by atoms with Gasteiger partial charge in [-0.15, -0.1) is 0 Å². The predicted molar refractivity (Wildman–Crippen MR) is 104 cm³/mol. The molecular weight excluding hydrogens is 304 g/mol. The monoisotopic (exact) mass is 334 g/mol. The van der Waals surface area contributed by atoms with E-state index in [1.54, 1.807) is 0 Å². The smallest absolute Gasteiger partial charge is 0.168 e. The van der Waals surface area contributed by atoms with E-state index in [9.17, 15) is 0 Å². The van der Waals surface area contributed by atoms with Gasteiger partial charge >= 0.3 is 0 Å². The van der Waals surface area contributed by atoms with Gasteiger partial charge in [-0.05, 0) is 11.1 Å². The molecule has 0 unspecified atom stereocenters. The predicted octanol–water partition coefficient (Wildman–Crippen LogP) is 3.89. The third-order valence-electron chi connectivity index (χ3n) is 3.64. The van der Waals surface area contributed by atoms with Crippen LogP contribution in [0.2, 0.25) is 39.3 Å². The second kappa shape index (κ2) is 7.24. The van der Waals surface area contributed by atoms with Crippen LogP contribution < -0.4 is 0 Å². The lowest BCUT2D eigenvalue weighted by molar-refractivity contribution is 0.552. The molecule has 0 saturated carbocycles. The summed E-state index contributed by atoms with van der Waals surface area (Å²) < 4.78 is 4.20. The average Bonchev–Trinajstić information content (AvgIpc) is 2.41. The van der Waals surface area contributed by atoms with Crippen molar-refractivity contribution in [3.63, 3.8) is 0 Å². The first-order valence-electron chi connectivity index (χ1n) is 7.66. The van der Waals surface area contributed by atoms with E-state index in [1.807, 2.05) is 12.4 Å². The van der Waals surface area contributed by atoms with Gasteiger partial charge in [0, 0.05) is 14.1 Å². The topological polar surface area (TPSA) is 31.2 Å². The van der Waals surface area contributed by atoms with Crippen molar-refractivity contribution in [3.05, 3.63) is 35.4 Å². The zero-order chi connectivity index (χ0) is 17.0. The molecule has 0 aliphatic rings. The lowest BCUT2D eigenvalue weighted by atomic mass is 10.2. The van der Waals surface area contributed by atoms with Crippen molar-refractivity contribution in [2.75, 3.05) is 14.1 Å². The summed E-state index contributed by atoms with van der Waals surface area (Å²) in [6.07, 6.45) is 3.85. The van der Waals surface area contributed by atoms with Gasteiger partial charge in [-0.2, -0.15) is 10.2 Å². The second-order valence-electron chi connectivity index (χ2n) is 7.54. The molecule has 0 fully saturated rings. The van der Waals surface area contributed by atoms with E-state index in [0.29, 0.717) is 0 Å². The zero-order valence-corrected chi connectivity index (χ0v) is 17.3. The molecule has 0 saturated heterocycles. The molecule has 0 heterocycles. The molecule has 0 N–H and O–H groups in total. The summed E-state index contributed by atoms with van der Waals surface area (Å²) in [5.41, 5.74) is 2.22. The highest BCUT2D eigenvalue weighted by Gasteiger charge is 2.18. The fourth-order valence-corrected chi connectivity index (χ4v) is 2.13. The van der Waals surface area contributed by atoms with Crippen molar-refractivity contribution in [1.82, 2.24) is 9.35 Å². The van der Waals surface area contributed by atoms with Crippen molar-refractivity contribution in [3.8, 4) is 0 Å². The summed E-state index contributed by atoms with van der Waals surface area (Å²) in [6.45, 7) is 13.7. The highest BCUT2D eigenvalue weighted by Crippen LogP contribution is 2.08. The zero-order valence-electron chi connectivity index (χ0n) is 15.3. The molecule has 0 aliphatic heterocycles. The Morgan fingerprint density at radius 1 is 0.682 bits per heavy atom. The number of hydrogen-bond donors (Lipinski definition) is 0. The Hall–Kier alpha value is -1.41. The van der Waals surface area contributed by atoms with Crippen molar-refractivity contribution in [2.45, 2.75) is 39.3 Å². The van der Waals surface area contributed by atoms with Gasteiger partial charge < -0.3 is 9.35 Å². The lowest BCUT2D eigenvalue weighted by Crippen LogP contribution is -2.39. The van der Waals surface area contributed by atoms with Crippen LogP contribution in [0.5, 0.6) is 0 Å². The van der Waals surface area contributed by atoms with Crippen LogP contribution in [-0.2, 0) is 0 Å². The summed E-state index contributed by atoms with van der Waals surface area (Å²) in [7, 11) is 1.39. The summed E-state index contributed by atoms with van der Waals surface area (Å²) >= 11 is 0. The minimum absolute atomic E-state index is 1.11. The van der Waals surface area contributed by atoms with E-state index < -0.39 is 16.5 Å². The SMILES string of the molecule is CN(N=Cc1ccc(C=NN(C)[Si](C)(C)C)cc1)[Si](C)(C)C. The third-order valence-corrected chi connectivity index (χ3v) is 7.75. The molecule has 122 valence electrons.